The van der Waals surface area contributed by atoms with Gasteiger partial charge >= 0.3 is 99.1 Å². The Kier molecular flexibility index (Phi) is 24.2. The van der Waals surface area contributed by atoms with Crippen molar-refractivity contribution in [2.75, 3.05) is 35.4 Å². The summed E-state index contributed by atoms with van der Waals surface area (Å²) in [4.78, 5) is 15.9. The van der Waals surface area contributed by atoms with E-state index in [1.54, 1.807) is 0 Å². The van der Waals surface area contributed by atoms with Crippen molar-refractivity contribution in [2.24, 2.45) is 10.2 Å². The number of azo groups is 1. The van der Waals surface area contributed by atoms with Gasteiger partial charge < -0.3 is 35.0 Å². The Labute approximate surface area is 448 Å². The van der Waals surface area contributed by atoms with Gasteiger partial charge in [0, 0.05) is 28.9 Å². The van der Waals surface area contributed by atoms with Gasteiger partial charge in [0.25, 0.3) is 0 Å². The van der Waals surface area contributed by atoms with Gasteiger partial charge in [0.15, 0.2) is 21.3 Å². The molecule has 5 aromatic rings. The molecule has 0 aliphatic carbocycles. The zero-order valence-corrected chi connectivity index (χ0v) is 44.7. The van der Waals surface area contributed by atoms with E-state index in [2.05, 4.69) is 53.6 Å². The number of benzene rings is 4. The van der Waals surface area contributed by atoms with Crippen LogP contribution in [-0.2, 0) is 62.8 Å². The number of hydrogen-bond acceptors (Lipinski definition) is 27. The molecule has 4 aromatic carbocycles. The summed E-state index contributed by atoms with van der Waals surface area (Å²) in [5.41, 5.74) is -0.309. The normalized spacial score (nSPS) is 12.0. The fourth-order valence-corrected chi connectivity index (χ4v) is 8.09. The molecule has 0 bridgehead atoms. The van der Waals surface area contributed by atoms with E-state index in [1.807, 2.05) is 0 Å². The fourth-order valence-electron chi connectivity index (χ4n) is 4.68. The Morgan fingerprint density at radius 1 is 0.769 bits per heavy atom. The summed E-state index contributed by atoms with van der Waals surface area (Å²) in [5, 5.41) is 38.5. The summed E-state index contributed by atoms with van der Waals surface area (Å²) in [6.07, 6.45) is 0. The maximum Gasteiger partial charge on any atom is 1.00 e. The molecule has 0 spiro atoms. The van der Waals surface area contributed by atoms with Crippen LogP contribution in [0.1, 0.15) is 0 Å². The summed E-state index contributed by atoms with van der Waals surface area (Å²) < 4.78 is 141. The summed E-state index contributed by atoms with van der Waals surface area (Å²) in [6, 6.07) is 13.3. The van der Waals surface area contributed by atoms with Gasteiger partial charge in [-0.25, -0.2) is 29.4 Å². The SMILES string of the molecule is O=S(=O)([O-])OCCSOOc1ccc(N=Nc2c(SOO[O-])cc3cc(S(=O)(=O)[O-])cc(Nc4nc(Cl)nc(Nc5ccc(S(=O)(=O)CCOS(=O)(=O)O)cc5)n4)c3c2O)cc1.[Na+].[Na+].[Na+]. The summed E-state index contributed by atoms with van der Waals surface area (Å²) in [7, 11) is -18.9. The Morgan fingerprint density at radius 3 is 2.02 bits per heavy atom. The van der Waals surface area contributed by atoms with Crippen LogP contribution >= 0.6 is 35.7 Å². The number of phenolic OH excluding ortho intramolecular Hbond substituents is 1. The number of sulfone groups is 1. The Hall–Kier alpha value is -1.62. The van der Waals surface area contributed by atoms with Crippen molar-refractivity contribution >= 4 is 122 Å². The average molecular weight is 1070 g/mol. The van der Waals surface area contributed by atoms with Crippen molar-refractivity contribution in [2.45, 2.75) is 14.7 Å². The Morgan fingerprint density at radius 2 is 1.42 bits per heavy atom. The smallest absolute Gasteiger partial charge is 0.744 e. The van der Waals surface area contributed by atoms with Crippen LogP contribution in [0.25, 0.3) is 10.8 Å². The van der Waals surface area contributed by atoms with Crippen molar-refractivity contribution < 1.29 is 173 Å². The first-order chi connectivity index (χ1) is 29.1. The minimum atomic E-state index is -5.18. The molecule has 0 saturated carbocycles. The third kappa shape index (κ3) is 19.0. The second kappa shape index (κ2) is 26.4. The zero-order valence-electron chi connectivity index (χ0n) is 33.1. The van der Waals surface area contributed by atoms with Crippen molar-refractivity contribution in [1.29, 1.82) is 0 Å². The van der Waals surface area contributed by atoms with Crippen LogP contribution in [0.15, 0.2) is 91.6 Å². The summed E-state index contributed by atoms with van der Waals surface area (Å²) in [6.45, 7) is -1.31. The molecule has 0 saturated heterocycles. The number of rotatable bonds is 22. The quantitative estimate of drug-likeness (QED) is 0.00734. The number of halogens is 1. The van der Waals surface area contributed by atoms with Crippen LogP contribution in [0.2, 0.25) is 5.28 Å². The molecule has 1 aromatic heterocycles. The maximum atomic E-state index is 12.5. The van der Waals surface area contributed by atoms with Crippen LogP contribution in [0.4, 0.5) is 34.6 Å². The first-order valence-electron chi connectivity index (χ1n) is 16.0. The molecule has 1 heterocycles. The maximum absolute atomic E-state index is 12.5. The molecule has 0 fully saturated rings. The minimum Gasteiger partial charge on any atom is -0.744 e. The molecule has 0 unspecified atom stereocenters. The molecular formula is C29H23ClN7Na3O19S6. The van der Waals surface area contributed by atoms with E-state index in [4.69, 9.17) is 25.4 Å². The summed E-state index contributed by atoms with van der Waals surface area (Å²) in [5.74, 6) is -2.06. The molecule has 65 heavy (non-hydrogen) atoms. The monoisotopic (exact) mass is 1070 g/mol. The van der Waals surface area contributed by atoms with Crippen LogP contribution in [0, 0.1) is 0 Å². The average Bonchev–Trinajstić information content (AvgIpc) is 3.17. The standard InChI is InChI=1S/C29H26ClN7O19S6.3Na/c30-27-33-28(31-17-3-7-20(8-4-17)59(40,41)12-10-52-62(48,49)50)35-29(34-27)32-22-15-21(60(42,43)44)13-16-14-23(58-56-54-39)25(26(38)24(16)22)37-36-18-1-5-19(6-2-18)53-55-57-11-9-51-61(45,46)47;;;/h1-8,13-15,38-39H,9-12H2,(H,42,43,44)(H,45,46,47)(H,48,49,50)(H2,31,32,33,34,35);;;/q;3*+1/p-3. The zero-order chi connectivity index (χ0) is 45.3. The number of nitrogens with one attached hydrogen (secondary N) is 2. The van der Waals surface area contributed by atoms with Gasteiger partial charge in [0.05, 0.1) is 57.1 Å². The molecular weight excluding hydrogens is 1050 g/mol. The van der Waals surface area contributed by atoms with Crippen LogP contribution < -0.4 is 109 Å². The number of anilines is 4. The molecule has 0 radical (unpaired) electrons. The topological polar surface area (TPSA) is 389 Å². The fraction of sp³-hybridized carbons (Fsp3) is 0.138. The van der Waals surface area contributed by atoms with Gasteiger partial charge in [-0.3, -0.25) is 13.8 Å². The van der Waals surface area contributed by atoms with Crippen molar-refractivity contribution in [3.8, 4) is 11.5 Å². The molecule has 0 aliphatic heterocycles. The third-order valence-corrected chi connectivity index (χ3v) is 11.9. The molecule has 0 aliphatic rings. The molecule has 26 nitrogen and oxygen atoms in total. The largest absolute Gasteiger partial charge is 1.00 e. The van der Waals surface area contributed by atoms with Gasteiger partial charge in [-0.1, -0.05) is 0 Å². The number of phenols is 1. The second-order valence-electron chi connectivity index (χ2n) is 11.3. The Bertz CT molecular complexity index is 2920. The van der Waals surface area contributed by atoms with E-state index in [9.17, 15) is 53.1 Å². The van der Waals surface area contributed by atoms with Crippen LogP contribution in [0.5, 0.6) is 11.5 Å². The van der Waals surface area contributed by atoms with Crippen molar-refractivity contribution in [3.63, 3.8) is 0 Å². The molecule has 0 amide bonds. The molecule has 36 heteroatoms. The van der Waals surface area contributed by atoms with Crippen molar-refractivity contribution in [3.05, 3.63) is 72.0 Å². The number of nitrogens with zero attached hydrogens (tertiary/aromatic N) is 5. The molecule has 334 valence electrons. The number of hydrogen-bond donors (Lipinski definition) is 4. The van der Waals surface area contributed by atoms with E-state index in [-0.39, 0.29) is 167 Å². The van der Waals surface area contributed by atoms with E-state index < -0.39 is 75.6 Å². The van der Waals surface area contributed by atoms with E-state index >= 15 is 0 Å². The first kappa shape index (κ1) is 59.5. The first-order valence-corrected chi connectivity index (χ1v) is 23.8. The van der Waals surface area contributed by atoms with Gasteiger partial charge in [-0.15, -0.1) is 9.45 Å². The molecule has 5 rings (SSSR count). The van der Waals surface area contributed by atoms with Crippen LogP contribution in [-0.4, -0.2) is 92.1 Å². The number of aromatic nitrogens is 3. The molecule has 0 atom stereocenters. The van der Waals surface area contributed by atoms with Gasteiger partial charge in [-0.05, 0) is 83.7 Å². The molecule has 4 N–H and O–H groups in total. The predicted octanol–water partition coefficient (Wildman–Crippen LogP) is -5.54. The van der Waals surface area contributed by atoms with E-state index in [0.29, 0.717) is 12.0 Å². The number of aromatic hydroxyl groups is 1. The number of fused-ring (bicyclic) bond motifs is 1. The van der Waals surface area contributed by atoms with Gasteiger partial charge in [0.2, 0.25) is 27.6 Å². The van der Waals surface area contributed by atoms with Crippen molar-refractivity contribution in [1.82, 2.24) is 15.0 Å². The second-order valence-corrected chi connectivity index (χ2v) is 18.8. The minimum absolute atomic E-state index is 0. The van der Waals surface area contributed by atoms with E-state index in [0.717, 1.165) is 24.3 Å². The Balaban J connectivity index is 0.00000484. The third-order valence-electron chi connectivity index (χ3n) is 7.15. The van der Waals surface area contributed by atoms with Gasteiger partial charge in [-0.2, -0.15) is 32.8 Å². The van der Waals surface area contributed by atoms with E-state index in [1.165, 1.54) is 42.5 Å². The summed E-state index contributed by atoms with van der Waals surface area (Å²) >= 11 is 7.02. The van der Waals surface area contributed by atoms with Crippen LogP contribution in [0.3, 0.4) is 0 Å². The van der Waals surface area contributed by atoms with Gasteiger partial charge in [0.1, 0.15) is 15.8 Å². The predicted molar refractivity (Wildman–Crippen MR) is 209 cm³/mol.